The van der Waals surface area contributed by atoms with Crippen molar-refractivity contribution in [2.75, 3.05) is 0 Å². The normalized spacial score (nSPS) is 25.1. The largest absolute Gasteiger partial charge is 0.480 e. The van der Waals surface area contributed by atoms with Crippen molar-refractivity contribution in [1.82, 2.24) is 0 Å². The Bertz CT molecular complexity index is 276. The summed E-state index contributed by atoms with van der Waals surface area (Å²) in [5.41, 5.74) is 1.55. The van der Waals surface area contributed by atoms with Gasteiger partial charge in [-0.05, 0) is 42.1 Å². The molecule has 0 bridgehead atoms. The van der Waals surface area contributed by atoms with Crippen LogP contribution < -0.4 is 0 Å². The highest BCUT2D eigenvalue weighted by atomic mass is 32.1. The highest BCUT2D eigenvalue weighted by Gasteiger charge is 2.28. The predicted octanol–water partition coefficient (Wildman–Crippen LogP) is 3.65. The van der Waals surface area contributed by atoms with Crippen LogP contribution in [0.2, 0.25) is 0 Å². The van der Waals surface area contributed by atoms with Gasteiger partial charge in [0.15, 0.2) is 5.05 Å². The Morgan fingerprint density at radius 1 is 1.71 bits per heavy atom. The molecule has 0 saturated carbocycles. The van der Waals surface area contributed by atoms with Crippen molar-refractivity contribution in [2.45, 2.75) is 39.7 Å². The molecule has 0 aromatic rings. The zero-order valence-corrected chi connectivity index (χ0v) is 9.99. The number of ether oxygens (including phenoxy) is 1. The maximum absolute atomic E-state index is 5.57. The van der Waals surface area contributed by atoms with Crippen LogP contribution in [0.5, 0.6) is 0 Å². The minimum Gasteiger partial charge on any atom is -0.480 e. The van der Waals surface area contributed by atoms with Crippen molar-refractivity contribution in [1.29, 1.82) is 0 Å². The first-order chi connectivity index (χ1) is 6.43. The molecule has 2 heteroatoms. The van der Waals surface area contributed by atoms with E-state index >= 15 is 0 Å². The van der Waals surface area contributed by atoms with Crippen molar-refractivity contribution < 1.29 is 4.74 Å². The first kappa shape index (κ1) is 11.4. The van der Waals surface area contributed by atoms with Crippen molar-refractivity contribution in [3.8, 4) is 0 Å². The van der Waals surface area contributed by atoms with Crippen molar-refractivity contribution in [3.05, 3.63) is 24.3 Å². The third kappa shape index (κ3) is 3.26. The molecule has 0 fully saturated rings. The van der Waals surface area contributed by atoms with E-state index in [9.17, 15) is 0 Å². The van der Waals surface area contributed by atoms with Crippen LogP contribution in [0.3, 0.4) is 0 Å². The van der Waals surface area contributed by atoms with Gasteiger partial charge in [0.1, 0.15) is 6.10 Å². The van der Waals surface area contributed by atoms with Crippen molar-refractivity contribution in [3.63, 3.8) is 0 Å². The number of thiocarbonyl (C=S) groups is 1. The van der Waals surface area contributed by atoms with Crippen molar-refractivity contribution in [2.24, 2.45) is 5.41 Å². The van der Waals surface area contributed by atoms with Crippen LogP contribution in [0.25, 0.3) is 0 Å². The minimum absolute atomic E-state index is 0.129. The summed E-state index contributed by atoms with van der Waals surface area (Å²) < 4.78 is 5.57. The summed E-state index contributed by atoms with van der Waals surface area (Å²) in [5.74, 6) is 0. The van der Waals surface area contributed by atoms with Gasteiger partial charge in [-0.25, -0.2) is 0 Å². The second-order valence-electron chi connectivity index (χ2n) is 4.64. The molecule has 1 atom stereocenters. The van der Waals surface area contributed by atoms with E-state index in [4.69, 9.17) is 17.0 Å². The highest BCUT2D eigenvalue weighted by molar-refractivity contribution is 7.80. The Labute approximate surface area is 91.8 Å². The van der Waals surface area contributed by atoms with E-state index in [2.05, 4.69) is 26.5 Å². The molecule has 0 heterocycles. The Hall–Kier alpha value is -0.630. The molecule has 0 saturated heterocycles. The van der Waals surface area contributed by atoms with Gasteiger partial charge in [-0.15, -0.1) is 0 Å². The molecule has 14 heavy (non-hydrogen) atoms. The van der Waals surface area contributed by atoms with Gasteiger partial charge in [0.25, 0.3) is 0 Å². The van der Waals surface area contributed by atoms with Gasteiger partial charge in [-0.3, -0.25) is 0 Å². The lowest BCUT2D eigenvalue weighted by Crippen LogP contribution is -2.27. The summed E-state index contributed by atoms with van der Waals surface area (Å²) in [5, 5.41) is 0.618. The van der Waals surface area contributed by atoms with Gasteiger partial charge >= 0.3 is 0 Å². The Kier molecular flexibility index (Phi) is 3.48. The van der Waals surface area contributed by atoms with E-state index in [-0.39, 0.29) is 11.5 Å². The maximum atomic E-state index is 5.57. The fraction of sp³-hybridized carbons (Fsp3) is 0.583. The Morgan fingerprint density at radius 2 is 2.36 bits per heavy atom. The lowest BCUT2D eigenvalue weighted by molar-refractivity contribution is 0.153. The summed E-state index contributed by atoms with van der Waals surface area (Å²) >= 11 is 4.95. The van der Waals surface area contributed by atoms with Crippen LogP contribution in [0.15, 0.2) is 24.3 Å². The van der Waals surface area contributed by atoms with Crippen LogP contribution in [0, 0.1) is 5.41 Å². The summed E-state index contributed by atoms with van der Waals surface area (Å²) in [7, 11) is 0. The molecule has 1 rings (SSSR count). The van der Waals surface area contributed by atoms with E-state index in [1.165, 1.54) is 5.57 Å². The van der Waals surface area contributed by atoms with Crippen LogP contribution in [0.4, 0.5) is 0 Å². The molecule has 1 aliphatic carbocycles. The molecule has 0 aliphatic heterocycles. The molecule has 1 unspecified atom stereocenters. The van der Waals surface area contributed by atoms with Crippen LogP contribution in [-0.2, 0) is 4.74 Å². The van der Waals surface area contributed by atoms with Gasteiger partial charge in [-0.1, -0.05) is 26.5 Å². The van der Waals surface area contributed by atoms with Crippen LogP contribution in [0.1, 0.15) is 33.6 Å². The van der Waals surface area contributed by atoms with Gasteiger partial charge in [0.2, 0.25) is 0 Å². The Morgan fingerprint density at radius 3 is 2.86 bits per heavy atom. The molecule has 0 aromatic heterocycles. The van der Waals surface area contributed by atoms with Gasteiger partial charge in [0.05, 0.1) is 0 Å². The lowest BCUT2D eigenvalue weighted by atomic mass is 9.76. The lowest BCUT2D eigenvalue weighted by Gasteiger charge is -2.33. The molecule has 0 N–H and O–H groups in total. The summed E-state index contributed by atoms with van der Waals surface area (Å²) in [6.07, 6.45) is 6.28. The molecule has 78 valence electrons. The fourth-order valence-electron chi connectivity index (χ4n) is 1.96. The second-order valence-corrected chi connectivity index (χ2v) is 5.21. The third-order valence-electron chi connectivity index (χ3n) is 2.42. The predicted molar refractivity (Wildman–Crippen MR) is 64.4 cm³/mol. The van der Waals surface area contributed by atoms with Crippen LogP contribution in [-0.4, -0.2) is 11.2 Å². The molecular formula is C12H18OS. The molecule has 0 radical (unpaired) electrons. The number of hydrogen-bond donors (Lipinski definition) is 0. The number of rotatable bonds is 2. The first-order valence-corrected chi connectivity index (χ1v) is 5.34. The minimum atomic E-state index is 0.129. The SMILES string of the molecule is C=CC1=CC(OC(C)=S)CC(C)(C)C1. The zero-order chi connectivity index (χ0) is 10.8. The zero-order valence-electron chi connectivity index (χ0n) is 9.17. The average molecular weight is 210 g/mol. The standard InChI is InChI=1S/C12H18OS/c1-5-10-6-11(13-9(2)14)8-12(3,4)7-10/h5-6,11H,1,7-8H2,2-4H3. The first-order valence-electron chi connectivity index (χ1n) is 4.93. The third-order valence-corrected chi connectivity index (χ3v) is 2.51. The van der Waals surface area contributed by atoms with E-state index in [0.717, 1.165) is 12.8 Å². The summed E-state index contributed by atoms with van der Waals surface area (Å²) in [4.78, 5) is 0. The smallest absolute Gasteiger partial charge is 0.157 e. The van der Waals surface area contributed by atoms with Gasteiger partial charge < -0.3 is 4.74 Å². The molecule has 0 aromatic carbocycles. The van der Waals surface area contributed by atoms with Crippen LogP contribution >= 0.6 is 12.2 Å². The fourth-order valence-corrected chi connectivity index (χ4v) is 2.08. The highest BCUT2D eigenvalue weighted by Crippen LogP contribution is 2.36. The monoisotopic (exact) mass is 210 g/mol. The molecular weight excluding hydrogens is 192 g/mol. The van der Waals surface area contributed by atoms with Gasteiger partial charge in [0, 0.05) is 6.92 Å². The maximum Gasteiger partial charge on any atom is 0.157 e. The molecule has 1 nitrogen and oxygen atoms in total. The van der Waals surface area contributed by atoms with Crippen molar-refractivity contribution >= 4 is 17.3 Å². The average Bonchev–Trinajstić information content (AvgIpc) is 1.99. The molecule has 1 aliphatic rings. The summed E-state index contributed by atoms with van der Waals surface area (Å²) in [6, 6.07) is 0. The Balaban J connectivity index is 2.77. The number of allylic oxidation sites excluding steroid dienone is 2. The molecule has 0 spiro atoms. The summed E-state index contributed by atoms with van der Waals surface area (Å²) in [6.45, 7) is 10.1. The topological polar surface area (TPSA) is 9.23 Å². The quantitative estimate of drug-likeness (QED) is 0.643. The van der Waals surface area contributed by atoms with E-state index in [0.29, 0.717) is 5.05 Å². The van der Waals surface area contributed by atoms with E-state index in [1.807, 2.05) is 13.0 Å². The van der Waals surface area contributed by atoms with Gasteiger partial charge in [-0.2, -0.15) is 0 Å². The number of hydrogen-bond acceptors (Lipinski definition) is 2. The van der Waals surface area contributed by atoms with E-state index in [1.54, 1.807) is 0 Å². The second kappa shape index (κ2) is 4.26. The van der Waals surface area contributed by atoms with E-state index < -0.39 is 0 Å². The molecule has 0 amide bonds.